The second-order valence-corrected chi connectivity index (χ2v) is 6.20. The molecule has 0 aliphatic carbocycles. The van der Waals surface area contributed by atoms with Crippen molar-refractivity contribution >= 4 is 17.7 Å². The highest BCUT2D eigenvalue weighted by Gasteiger charge is 2.38. The lowest BCUT2D eigenvalue weighted by Crippen LogP contribution is -2.81. The summed E-state index contributed by atoms with van der Waals surface area (Å²) >= 11 is 1.75. The summed E-state index contributed by atoms with van der Waals surface area (Å²) in [7, 11) is 2.04. The van der Waals surface area contributed by atoms with Crippen molar-refractivity contribution in [3.05, 3.63) is 35.4 Å². The molecule has 1 heterocycles. The number of nitrogens with zero attached hydrogens (tertiary/aromatic N) is 1. The minimum absolute atomic E-state index is 0.0770. The van der Waals surface area contributed by atoms with Crippen molar-refractivity contribution in [1.82, 2.24) is 4.90 Å². The summed E-state index contributed by atoms with van der Waals surface area (Å²) in [4.78, 5) is 14.2. The fourth-order valence-electron chi connectivity index (χ4n) is 2.16. The van der Waals surface area contributed by atoms with Gasteiger partial charge in [0.05, 0.1) is 25.4 Å². The van der Waals surface area contributed by atoms with Gasteiger partial charge in [0.1, 0.15) is 5.37 Å². The van der Waals surface area contributed by atoms with Crippen LogP contribution in [-0.2, 0) is 4.79 Å². The minimum atomic E-state index is 0.0770. The van der Waals surface area contributed by atoms with Gasteiger partial charge in [-0.25, -0.2) is 0 Å². The summed E-state index contributed by atoms with van der Waals surface area (Å²) in [6, 6.07) is 8.52. The standard InChI is InChI=1S/C14H20N2OS/c1-10-4-6-12(7-5-10)14-16(9-8-15-3)13(17)11(2)18-14/h4-7,11,14-15H,8-9H2,1-3H3/p+1/t11-,14-/m1/s1. The van der Waals surface area contributed by atoms with Crippen LogP contribution >= 0.6 is 11.8 Å². The highest BCUT2D eigenvalue weighted by atomic mass is 32.2. The van der Waals surface area contributed by atoms with E-state index in [0.717, 1.165) is 13.1 Å². The first-order valence-corrected chi connectivity index (χ1v) is 7.38. The van der Waals surface area contributed by atoms with E-state index in [2.05, 4.69) is 36.5 Å². The van der Waals surface area contributed by atoms with Gasteiger partial charge in [0.2, 0.25) is 5.91 Å². The molecule has 2 rings (SSSR count). The van der Waals surface area contributed by atoms with Crippen molar-refractivity contribution in [2.75, 3.05) is 20.1 Å². The number of benzene rings is 1. The summed E-state index contributed by atoms with van der Waals surface area (Å²) in [5.41, 5.74) is 2.49. The van der Waals surface area contributed by atoms with E-state index in [1.54, 1.807) is 11.8 Å². The first kappa shape index (κ1) is 13.4. The average Bonchev–Trinajstić information content (AvgIpc) is 2.64. The third kappa shape index (κ3) is 2.70. The maximum atomic E-state index is 12.2. The molecule has 0 radical (unpaired) electrons. The van der Waals surface area contributed by atoms with E-state index in [1.165, 1.54) is 11.1 Å². The monoisotopic (exact) mass is 265 g/mol. The molecule has 1 aromatic carbocycles. The Morgan fingerprint density at radius 1 is 1.33 bits per heavy atom. The van der Waals surface area contributed by atoms with Gasteiger partial charge in [-0.05, 0) is 19.4 Å². The Balaban J connectivity index is 2.19. The van der Waals surface area contributed by atoms with E-state index in [1.807, 2.05) is 18.9 Å². The second kappa shape index (κ2) is 5.76. The predicted molar refractivity (Wildman–Crippen MR) is 75.4 cm³/mol. The number of carbonyl (C=O) groups excluding carboxylic acids is 1. The Hall–Kier alpha value is -1.00. The number of likely N-dealkylation sites (N-methyl/N-ethyl adjacent to an activating group) is 1. The third-order valence-electron chi connectivity index (χ3n) is 3.27. The lowest BCUT2D eigenvalue weighted by Gasteiger charge is -2.23. The molecular weight excluding hydrogens is 244 g/mol. The van der Waals surface area contributed by atoms with Crippen molar-refractivity contribution in [1.29, 1.82) is 0 Å². The van der Waals surface area contributed by atoms with E-state index < -0.39 is 0 Å². The van der Waals surface area contributed by atoms with Gasteiger partial charge in [-0.15, -0.1) is 11.8 Å². The summed E-state index contributed by atoms with van der Waals surface area (Å²) in [5, 5.41) is 2.38. The molecule has 2 N–H and O–H groups in total. The van der Waals surface area contributed by atoms with Crippen LogP contribution in [0.3, 0.4) is 0 Å². The molecule has 1 aliphatic heterocycles. The molecule has 0 saturated carbocycles. The third-order valence-corrected chi connectivity index (χ3v) is 4.66. The van der Waals surface area contributed by atoms with Gasteiger partial charge in [-0.1, -0.05) is 29.8 Å². The van der Waals surface area contributed by atoms with Gasteiger partial charge in [-0.3, -0.25) is 4.79 Å². The molecule has 1 aromatic rings. The van der Waals surface area contributed by atoms with Crippen molar-refractivity contribution < 1.29 is 10.1 Å². The van der Waals surface area contributed by atoms with Crippen LogP contribution in [0.4, 0.5) is 0 Å². The molecule has 0 bridgehead atoms. The molecule has 0 aromatic heterocycles. The smallest absolute Gasteiger partial charge is 0.236 e. The van der Waals surface area contributed by atoms with Gasteiger partial charge in [0.15, 0.2) is 0 Å². The number of aryl methyl sites for hydroxylation is 1. The van der Waals surface area contributed by atoms with Crippen LogP contribution in [0.5, 0.6) is 0 Å². The van der Waals surface area contributed by atoms with E-state index in [0.29, 0.717) is 0 Å². The van der Waals surface area contributed by atoms with E-state index in [9.17, 15) is 4.79 Å². The van der Waals surface area contributed by atoms with E-state index in [-0.39, 0.29) is 16.5 Å². The Morgan fingerprint density at radius 3 is 2.61 bits per heavy atom. The van der Waals surface area contributed by atoms with Crippen LogP contribution in [0.2, 0.25) is 0 Å². The zero-order valence-electron chi connectivity index (χ0n) is 11.2. The lowest BCUT2D eigenvalue weighted by atomic mass is 10.1. The second-order valence-electron chi connectivity index (χ2n) is 4.77. The van der Waals surface area contributed by atoms with Crippen LogP contribution in [0.1, 0.15) is 23.4 Å². The number of quaternary nitrogens is 1. The zero-order valence-corrected chi connectivity index (χ0v) is 12.0. The largest absolute Gasteiger partial charge is 0.347 e. The highest BCUT2D eigenvalue weighted by Crippen LogP contribution is 2.42. The topological polar surface area (TPSA) is 36.9 Å². The fourth-order valence-corrected chi connectivity index (χ4v) is 3.47. The molecule has 98 valence electrons. The first-order valence-electron chi connectivity index (χ1n) is 6.44. The normalized spacial score (nSPS) is 23.7. The summed E-state index contributed by atoms with van der Waals surface area (Å²) < 4.78 is 0. The van der Waals surface area contributed by atoms with Gasteiger partial charge >= 0.3 is 0 Å². The molecule has 0 spiro atoms. The van der Waals surface area contributed by atoms with Crippen molar-refractivity contribution in [2.24, 2.45) is 0 Å². The number of carbonyl (C=O) groups is 1. The Labute approximate surface area is 113 Å². The average molecular weight is 265 g/mol. The number of thioether (sulfide) groups is 1. The van der Waals surface area contributed by atoms with Crippen LogP contribution in [0.15, 0.2) is 24.3 Å². The maximum absolute atomic E-state index is 12.2. The van der Waals surface area contributed by atoms with Crippen molar-refractivity contribution in [3.63, 3.8) is 0 Å². The summed E-state index contributed by atoms with van der Waals surface area (Å²) in [6.45, 7) is 5.87. The molecule has 0 unspecified atom stereocenters. The van der Waals surface area contributed by atoms with Gasteiger partial charge in [-0.2, -0.15) is 0 Å². The number of amides is 1. The molecule has 2 atom stereocenters. The zero-order chi connectivity index (χ0) is 13.1. The van der Waals surface area contributed by atoms with Gasteiger partial charge in [0, 0.05) is 0 Å². The molecule has 1 aliphatic rings. The predicted octanol–water partition coefficient (Wildman–Crippen LogP) is 1.15. The number of rotatable bonds is 4. The number of nitrogens with two attached hydrogens (primary N) is 1. The molecule has 4 heteroatoms. The van der Waals surface area contributed by atoms with E-state index >= 15 is 0 Å². The quantitative estimate of drug-likeness (QED) is 0.887. The van der Waals surface area contributed by atoms with E-state index in [4.69, 9.17) is 0 Å². The Morgan fingerprint density at radius 2 is 2.00 bits per heavy atom. The molecule has 1 saturated heterocycles. The number of hydrogen-bond acceptors (Lipinski definition) is 2. The van der Waals surface area contributed by atoms with Crippen LogP contribution in [-0.4, -0.2) is 36.2 Å². The summed E-state index contributed by atoms with van der Waals surface area (Å²) in [6.07, 6.45) is 0. The molecule has 3 nitrogen and oxygen atoms in total. The Kier molecular flexibility index (Phi) is 4.30. The van der Waals surface area contributed by atoms with Gasteiger partial charge in [0.25, 0.3) is 0 Å². The lowest BCUT2D eigenvalue weighted by molar-refractivity contribution is -0.626. The molecule has 1 fully saturated rings. The highest BCUT2D eigenvalue weighted by molar-refractivity contribution is 8.01. The summed E-state index contributed by atoms with van der Waals surface area (Å²) in [5.74, 6) is 0.271. The van der Waals surface area contributed by atoms with Crippen LogP contribution in [0, 0.1) is 6.92 Å². The molecular formula is C14H21N2OS+. The van der Waals surface area contributed by atoms with Crippen LogP contribution < -0.4 is 5.32 Å². The van der Waals surface area contributed by atoms with Gasteiger partial charge < -0.3 is 10.2 Å². The van der Waals surface area contributed by atoms with Crippen LogP contribution in [0.25, 0.3) is 0 Å². The first-order chi connectivity index (χ1) is 8.63. The minimum Gasteiger partial charge on any atom is -0.347 e. The molecule has 18 heavy (non-hydrogen) atoms. The SMILES string of the molecule is C[NH2+]CCN1C(=O)[C@@H](C)S[C@@H]1c1ccc(C)cc1. The Bertz CT molecular complexity index is 418. The number of hydrogen-bond donors (Lipinski definition) is 1. The van der Waals surface area contributed by atoms with Crippen molar-refractivity contribution in [2.45, 2.75) is 24.5 Å². The fraction of sp³-hybridized carbons (Fsp3) is 0.500. The maximum Gasteiger partial charge on any atom is 0.236 e. The van der Waals surface area contributed by atoms with Crippen molar-refractivity contribution in [3.8, 4) is 0 Å². The molecule has 1 amide bonds.